The molecular formula is C19H20O5. The predicted octanol–water partition coefficient (Wildman–Crippen LogP) is 3.76. The first kappa shape index (κ1) is 19.1. The van der Waals surface area contributed by atoms with Gasteiger partial charge >= 0.3 is 12.1 Å². The summed E-state index contributed by atoms with van der Waals surface area (Å²) in [7, 11) is 1.63. The third-order valence-electron chi connectivity index (χ3n) is 3.80. The number of cyclic esters (lactones) is 1. The summed E-state index contributed by atoms with van der Waals surface area (Å²) in [4.78, 5) is 28.3. The molecule has 2 aromatic rings. The highest BCUT2D eigenvalue weighted by atomic mass is 16.5. The first-order chi connectivity index (χ1) is 11.1. The lowest BCUT2D eigenvalue weighted by molar-refractivity contribution is -0.191. The minimum atomic E-state index is -0.250. The van der Waals surface area contributed by atoms with E-state index in [2.05, 4.69) is 6.92 Å². The van der Waals surface area contributed by atoms with Gasteiger partial charge in [-0.2, -0.15) is 9.59 Å². The van der Waals surface area contributed by atoms with Gasteiger partial charge in [0, 0.05) is 5.92 Å². The van der Waals surface area contributed by atoms with Gasteiger partial charge in [0.1, 0.15) is 11.9 Å². The maximum absolute atomic E-state index is 12.1. The number of carbonyl (C=O) groups is 1. The van der Waals surface area contributed by atoms with Crippen LogP contribution in [0.2, 0.25) is 0 Å². The predicted molar refractivity (Wildman–Crippen MR) is 87.7 cm³/mol. The molecule has 2 aromatic carbocycles. The van der Waals surface area contributed by atoms with Crippen molar-refractivity contribution in [3.63, 3.8) is 0 Å². The fraction of sp³-hybridized carbons (Fsp3) is 0.263. The van der Waals surface area contributed by atoms with Crippen molar-refractivity contribution in [3.8, 4) is 5.75 Å². The average molecular weight is 328 g/mol. The van der Waals surface area contributed by atoms with Gasteiger partial charge < -0.3 is 9.47 Å². The zero-order chi connectivity index (χ0) is 16.8. The quantitative estimate of drug-likeness (QED) is 0.785. The smallest absolute Gasteiger partial charge is 0.373 e. The van der Waals surface area contributed by atoms with Crippen molar-refractivity contribution in [1.29, 1.82) is 0 Å². The first-order valence-corrected chi connectivity index (χ1v) is 7.05. The summed E-state index contributed by atoms with van der Waals surface area (Å²) in [6.07, 6.45) is 0.00306. The van der Waals surface area contributed by atoms with E-state index in [0.29, 0.717) is 5.56 Å². The Morgan fingerprint density at radius 3 is 2.21 bits per heavy atom. The summed E-state index contributed by atoms with van der Waals surface area (Å²) >= 11 is 0. The monoisotopic (exact) mass is 328 g/mol. The number of rotatable bonds is 2. The van der Waals surface area contributed by atoms with Crippen LogP contribution in [0.5, 0.6) is 5.75 Å². The molecule has 126 valence electrons. The van der Waals surface area contributed by atoms with E-state index in [1.54, 1.807) is 7.11 Å². The molecule has 0 saturated heterocycles. The Hall–Kier alpha value is -2.91. The standard InChI is InChI=1S/C17H16O3.CO2.CH4/c1-11-14-5-3-4-6-15(14)17(18)20-16(11)12-7-9-13(19-2)10-8-12;2-1-3;/h3-11,16H,1-2H3;;1H4/t11-,16-;;/m1../s1. The molecule has 0 spiro atoms. The van der Waals surface area contributed by atoms with Gasteiger partial charge in [0.2, 0.25) is 0 Å². The Labute approximate surface area is 141 Å². The van der Waals surface area contributed by atoms with Crippen molar-refractivity contribution in [2.75, 3.05) is 7.11 Å². The number of hydrogen-bond acceptors (Lipinski definition) is 5. The Balaban J connectivity index is 0.000000671. The highest BCUT2D eigenvalue weighted by molar-refractivity contribution is 5.92. The molecule has 0 unspecified atom stereocenters. The van der Waals surface area contributed by atoms with E-state index < -0.39 is 0 Å². The number of ether oxygens (including phenoxy) is 2. The van der Waals surface area contributed by atoms with Gasteiger partial charge in [-0.1, -0.05) is 44.7 Å². The van der Waals surface area contributed by atoms with E-state index in [1.165, 1.54) is 0 Å². The SMILES string of the molecule is C.COc1ccc([C@@H]2OC(=O)c3ccccc3[C@H]2C)cc1.O=C=O. The second-order valence-corrected chi connectivity index (χ2v) is 5.06. The van der Waals surface area contributed by atoms with Crippen LogP contribution in [0.4, 0.5) is 0 Å². The minimum Gasteiger partial charge on any atom is -0.497 e. The molecule has 24 heavy (non-hydrogen) atoms. The summed E-state index contributed by atoms with van der Waals surface area (Å²) in [6.45, 7) is 2.08. The van der Waals surface area contributed by atoms with Gasteiger partial charge in [0.25, 0.3) is 0 Å². The average Bonchev–Trinajstić information content (AvgIpc) is 2.59. The summed E-state index contributed by atoms with van der Waals surface area (Å²) in [5.74, 6) is 0.681. The molecule has 0 N–H and O–H groups in total. The number of benzene rings is 2. The molecular weight excluding hydrogens is 308 g/mol. The van der Waals surface area contributed by atoms with Crippen LogP contribution < -0.4 is 4.74 Å². The van der Waals surface area contributed by atoms with Gasteiger partial charge in [-0.05, 0) is 29.3 Å². The van der Waals surface area contributed by atoms with Crippen LogP contribution >= 0.6 is 0 Å². The van der Waals surface area contributed by atoms with Crippen LogP contribution in [-0.2, 0) is 14.3 Å². The number of methoxy groups -OCH3 is 1. The van der Waals surface area contributed by atoms with E-state index in [9.17, 15) is 4.79 Å². The first-order valence-electron chi connectivity index (χ1n) is 7.05. The zero-order valence-corrected chi connectivity index (χ0v) is 12.8. The fourth-order valence-electron chi connectivity index (χ4n) is 2.67. The molecule has 0 aliphatic carbocycles. The third kappa shape index (κ3) is 3.89. The fourth-order valence-corrected chi connectivity index (χ4v) is 2.67. The number of esters is 1. The highest BCUT2D eigenvalue weighted by Crippen LogP contribution is 2.40. The Bertz CT molecular complexity index is 715. The molecule has 1 aliphatic rings. The van der Waals surface area contributed by atoms with E-state index in [1.807, 2.05) is 48.5 Å². The maximum atomic E-state index is 12.1. The third-order valence-corrected chi connectivity index (χ3v) is 3.80. The lowest BCUT2D eigenvalue weighted by Crippen LogP contribution is -2.24. The van der Waals surface area contributed by atoms with Crippen LogP contribution in [0.1, 0.15) is 47.9 Å². The highest BCUT2D eigenvalue weighted by Gasteiger charge is 2.33. The Morgan fingerprint density at radius 2 is 1.62 bits per heavy atom. The lowest BCUT2D eigenvalue weighted by atomic mass is 9.85. The van der Waals surface area contributed by atoms with Gasteiger partial charge in [-0.15, -0.1) is 0 Å². The summed E-state index contributed by atoms with van der Waals surface area (Å²) in [5.41, 5.74) is 2.70. The van der Waals surface area contributed by atoms with Crippen molar-refractivity contribution in [1.82, 2.24) is 0 Å². The van der Waals surface area contributed by atoms with Crippen LogP contribution in [0.3, 0.4) is 0 Å². The van der Waals surface area contributed by atoms with Crippen LogP contribution in [-0.4, -0.2) is 19.2 Å². The van der Waals surface area contributed by atoms with E-state index >= 15 is 0 Å². The van der Waals surface area contributed by atoms with E-state index in [0.717, 1.165) is 16.9 Å². The molecule has 0 radical (unpaired) electrons. The molecule has 0 bridgehead atoms. The van der Waals surface area contributed by atoms with Crippen molar-refractivity contribution in [2.45, 2.75) is 26.4 Å². The second-order valence-electron chi connectivity index (χ2n) is 5.06. The number of carbonyl (C=O) groups excluding carboxylic acids is 3. The van der Waals surface area contributed by atoms with Crippen molar-refractivity contribution in [2.24, 2.45) is 0 Å². The Kier molecular flexibility index (Phi) is 6.90. The molecule has 5 heteroatoms. The van der Waals surface area contributed by atoms with Crippen LogP contribution in [0.15, 0.2) is 48.5 Å². The van der Waals surface area contributed by atoms with E-state index in [-0.39, 0.29) is 31.6 Å². The molecule has 2 atom stereocenters. The van der Waals surface area contributed by atoms with Crippen LogP contribution in [0.25, 0.3) is 0 Å². The largest absolute Gasteiger partial charge is 0.497 e. The summed E-state index contributed by atoms with van der Waals surface area (Å²) < 4.78 is 10.8. The second kappa shape index (κ2) is 8.65. The zero-order valence-electron chi connectivity index (χ0n) is 12.8. The molecule has 0 saturated carbocycles. The van der Waals surface area contributed by atoms with Gasteiger partial charge in [-0.3, -0.25) is 0 Å². The van der Waals surface area contributed by atoms with Crippen molar-refractivity contribution >= 4 is 12.1 Å². The normalized spacial score (nSPS) is 17.8. The van der Waals surface area contributed by atoms with Crippen LogP contribution in [0, 0.1) is 0 Å². The topological polar surface area (TPSA) is 69.7 Å². The number of fused-ring (bicyclic) bond motifs is 1. The van der Waals surface area contributed by atoms with Gasteiger partial charge in [-0.25, -0.2) is 4.79 Å². The molecule has 3 rings (SSSR count). The molecule has 0 fully saturated rings. The van der Waals surface area contributed by atoms with E-state index in [4.69, 9.17) is 19.1 Å². The number of hydrogen-bond donors (Lipinski definition) is 0. The lowest BCUT2D eigenvalue weighted by Gasteiger charge is -2.31. The minimum absolute atomic E-state index is 0. The van der Waals surface area contributed by atoms with Crippen molar-refractivity contribution < 1.29 is 23.9 Å². The van der Waals surface area contributed by atoms with Gasteiger partial charge in [0.15, 0.2) is 0 Å². The summed E-state index contributed by atoms with van der Waals surface area (Å²) in [6, 6.07) is 15.3. The molecule has 0 amide bonds. The molecule has 5 nitrogen and oxygen atoms in total. The maximum Gasteiger partial charge on any atom is 0.373 e. The van der Waals surface area contributed by atoms with Crippen molar-refractivity contribution in [3.05, 3.63) is 65.2 Å². The molecule has 0 aromatic heterocycles. The molecule has 1 aliphatic heterocycles. The summed E-state index contributed by atoms with van der Waals surface area (Å²) in [5, 5.41) is 0. The Morgan fingerprint density at radius 1 is 1.04 bits per heavy atom. The van der Waals surface area contributed by atoms with Gasteiger partial charge in [0.05, 0.1) is 12.7 Å². The molecule has 1 heterocycles.